The molecule has 3 aromatic rings. The molecule has 6 heterocycles. The predicted octanol–water partition coefficient (Wildman–Crippen LogP) is 5.41. The zero-order valence-electron chi connectivity index (χ0n) is 24.2. The molecule has 2 aromatic heterocycles. The van der Waals surface area contributed by atoms with Crippen molar-refractivity contribution in [2.45, 2.75) is 101 Å². The zero-order chi connectivity index (χ0) is 28.4. The van der Waals surface area contributed by atoms with Gasteiger partial charge < -0.3 is 19.7 Å². The highest BCUT2D eigenvalue weighted by Gasteiger charge is 2.48. The quantitative estimate of drug-likeness (QED) is 0.455. The van der Waals surface area contributed by atoms with Crippen LogP contribution in [0.3, 0.4) is 0 Å². The highest BCUT2D eigenvalue weighted by atomic mass is 19.1. The number of halogens is 1. The molecule has 8 heteroatoms. The summed E-state index contributed by atoms with van der Waals surface area (Å²) in [6.45, 7) is 3.90. The lowest BCUT2D eigenvalue weighted by Crippen LogP contribution is -2.61. The summed E-state index contributed by atoms with van der Waals surface area (Å²) in [5, 5.41) is 4.79. The van der Waals surface area contributed by atoms with Gasteiger partial charge >= 0.3 is 0 Å². The first-order valence-corrected chi connectivity index (χ1v) is 15.4. The predicted molar refractivity (Wildman–Crippen MR) is 157 cm³/mol. The Labute approximate surface area is 241 Å². The lowest BCUT2D eigenvalue weighted by atomic mass is 9.75. The minimum atomic E-state index is -0.432. The van der Waals surface area contributed by atoms with E-state index < -0.39 is 5.82 Å². The van der Waals surface area contributed by atoms with E-state index in [2.05, 4.69) is 27.5 Å². The number of hydrogen-bond acceptors (Lipinski definition) is 4. The summed E-state index contributed by atoms with van der Waals surface area (Å²) in [4.78, 5) is 35.6. The summed E-state index contributed by atoms with van der Waals surface area (Å²) >= 11 is 0. The number of hydrogen-bond donors (Lipinski definition) is 1. The van der Waals surface area contributed by atoms with Crippen LogP contribution in [-0.2, 0) is 4.79 Å². The first kappa shape index (κ1) is 26.6. The van der Waals surface area contributed by atoms with E-state index in [0.29, 0.717) is 35.0 Å². The van der Waals surface area contributed by atoms with Gasteiger partial charge in [-0.2, -0.15) is 0 Å². The van der Waals surface area contributed by atoms with Crippen molar-refractivity contribution >= 4 is 22.7 Å². The van der Waals surface area contributed by atoms with E-state index in [1.165, 1.54) is 43.4 Å². The fourth-order valence-electron chi connectivity index (χ4n) is 8.17. The van der Waals surface area contributed by atoms with E-state index in [1.54, 1.807) is 18.0 Å². The van der Waals surface area contributed by atoms with Crippen LogP contribution in [0.2, 0.25) is 0 Å². The van der Waals surface area contributed by atoms with Crippen LogP contribution in [0.25, 0.3) is 16.6 Å². The van der Waals surface area contributed by atoms with E-state index in [0.717, 1.165) is 36.6 Å². The number of fused-ring (bicyclic) bond motifs is 6. The topological polar surface area (TPSA) is 70.5 Å². The monoisotopic (exact) mass is 557 g/mol. The Hall–Kier alpha value is -3.26. The highest BCUT2D eigenvalue weighted by Crippen LogP contribution is 2.46. The molecule has 216 valence electrons. The van der Waals surface area contributed by atoms with Gasteiger partial charge in [0.1, 0.15) is 5.82 Å². The Balaban J connectivity index is 1.21. The first-order chi connectivity index (χ1) is 19.8. The third kappa shape index (κ3) is 4.46. The molecule has 5 aliphatic rings. The van der Waals surface area contributed by atoms with Gasteiger partial charge in [-0.25, -0.2) is 4.39 Å². The largest absolute Gasteiger partial charge is 0.339 e. The van der Waals surface area contributed by atoms with Gasteiger partial charge in [0, 0.05) is 49.0 Å². The zero-order valence-corrected chi connectivity index (χ0v) is 24.2. The Bertz CT molecular complexity index is 1480. The van der Waals surface area contributed by atoms with E-state index in [4.69, 9.17) is 0 Å². The van der Waals surface area contributed by atoms with E-state index >= 15 is 0 Å². The van der Waals surface area contributed by atoms with E-state index in [-0.39, 0.29) is 30.1 Å². The average Bonchev–Trinajstić information content (AvgIpc) is 3.50. The van der Waals surface area contributed by atoms with Gasteiger partial charge in [0.25, 0.3) is 5.91 Å². The molecule has 1 aromatic carbocycles. The molecule has 1 N–H and O–H groups in total. The second-order valence-electron chi connectivity index (χ2n) is 13.1. The molecule has 8 rings (SSSR count). The van der Waals surface area contributed by atoms with E-state index in [1.807, 2.05) is 30.8 Å². The van der Waals surface area contributed by atoms with Gasteiger partial charge in [0.2, 0.25) is 5.91 Å². The number of benzene rings is 1. The molecular weight excluding hydrogens is 517 g/mol. The number of nitrogens with zero attached hydrogens (tertiary/aromatic N) is 4. The SMILES string of the molecule is CC(C)N(C)C(=O)c1cc(F)ccc1-n1cc(C2CC3CCC(C2)N3C(=O)[C@@H]2NC3CCC2CC3)c2ccncc21. The Morgan fingerprint density at radius 2 is 1.78 bits per heavy atom. The summed E-state index contributed by atoms with van der Waals surface area (Å²) in [5.74, 6) is 0.476. The van der Waals surface area contributed by atoms with Crippen molar-refractivity contribution < 1.29 is 14.0 Å². The Morgan fingerprint density at radius 3 is 2.44 bits per heavy atom. The number of pyridine rings is 1. The fraction of sp³-hybridized carbons (Fsp3) is 0.545. The molecule has 41 heavy (non-hydrogen) atoms. The first-order valence-electron chi connectivity index (χ1n) is 15.4. The smallest absolute Gasteiger partial charge is 0.256 e. The van der Waals surface area contributed by atoms with Crippen LogP contribution in [0.5, 0.6) is 0 Å². The van der Waals surface area contributed by atoms with Crippen LogP contribution in [0.4, 0.5) is 4.39 Å². The molecule has 4 saturated heterocycles. The molecule has 2 amide bonds. The van der Waals surface area contributed by atoms with Crippen LogP contribution in [0.1, 0.15) is 87.1 Å². The summed E-state index contributed by atoms with van der Waals surface area (Å²) in [7, 11) is 1.75. The Kier molecular flexibility index (Phi) is 6.64. The fourth-order valence-corrected chi connectivity index (χ4v) is 8.17. The molecule has 5 fully saturated rings. The lowest BCUT2D eigenvalue weighted by molar-refractivity contribution is -0.141. The second-order valence-corrected chi connectivity index (χ2v) is 13.1. The number of amides is 2. The minimum absolute atomic E-state index is 0.00598. The molecule has 0 radical (unpaired) electrons. The summed E-state index contributed by atoms with van der Waals surface area (Å²) in [6, 6.07) is 7.51. The van der Waals surface area contributed by atoms with Crippen molar-refractivity contribution in [1.29, 1.82) is 0 Å². The summed E-state index contributed by atoms with van der Waals surface area (Å²) in [5.41, 5.74) is 3.12. The van der Waals surface area contributed by atoms with Crippen LogP contribution < -0.4 is 5.32 Å². The third-order valence-corrected chi connectivity index (χ3v) is 10.5. The van der Waals surface area contributed by atoms with Crippen molar-refractivity contribution in [1.82, 2.24) is 24.7 Å². The molecule has 2 unspecified atom stereocenters. The van der Waals surface area contributed by atoms with Gasteiger partial charge in [0.15, 0.2) is 0 Å². The summed E-state index contributed by atoms with van der Waals surface area (Å²) < 4.78 is 16.5. The van der Waals surface area contributed by atoms with Crippen molar-refractivity contribution in [3.63, 3.8) is 0 Å². The molecule has 1 saturated carbocycles. The van der Waals surface area contributed by atoms with Gasteiger partial charge in [-0.1, -0.05) is 0 Å². The highest BCUT2D eigenvalue weighted by molar-refractivity contribution is 5.99. The number of carbonyl (C=O) groups is 2. The van der Waals surface area contributed by atoms with Crippen LogP contribution in [0.15, 0.2) is 42.9 Å². The normalized spacial score (nSPS) is 29.0. The van der Waals surface area contributed by atoms with Gasteiger partial charge in [0.05, 0.1) is 29.0 Å². The minimum Gasteiger partial charge on any atom is -0.339 e. The molecule has 1 aliphatic carbocycles. The molecule has 7 nitrogen and oxygen atoms in total. The summed E-state index contributed by atoms with van der Waals surface area (Å²) in [6.07, 6.45) is 14.5. The van der Waals surface area contributed by atoms with Gasteiger partial charge in [-0.3, -0.25) is 14.6 Å². The van der Waals surface area contributed by atoms with E-state index in [9.17, 15) is 14.0 Å². The molecular formula is C33H40FN5O2. The Morgan fingerprint density at radius 1 is 1.05 bits per heavy atom. The van der Waals surface area contributed by atoms with Crippen molar-refractivity contribution in [3.8, 4) is 5.69 Å². The van der Waals surface area contributed by atoms with Gasteiger partial charge in [-0.15, -0.1) is 0 Å². The second kappa shape index (κ2) is 10.2. The number of rotatable bonds is 5. The number of piperidine rings is 3. The number of aromatic nitrogens is 2. The number of nitrogens with one attached hydrogen (secondary N) is 1. The lowest BCUT2D eigenvalue weighted by Gasteiger charge is -2.47. The third-order valence-electron chi connectivity index (χ3n) is 10.5. The maximum absolute atomic E-state index is 14.4. The van der Waals surface area contributed by atoms with Crippen LogP contribution in [0, 0.1) is 11.7 Å². The van der Waals surface area contributed by atoms with Crippen molar-refractivity contribution in [2.75, 3.05) is 7.05 Å². The maximum atomic E-state index is 14.4. The molecule has 4 bridgehead atoms. The van der Waals surface area contributed by atoms with Gasteiger partial charge in [-0.05, 0) is 107 Å². The number of carbonyl (C=O) groups excluding carboxylic acids is 2. The average molecular weight is 558 g/mol. The molecule has 3 atom stereocenters. The van der Waals surface area contributed by atoms with Crippen LogP contribution in [-0.4, -0.2) is 68.4 Å². The maximum Gasteiger partial charge on any atom is 0.256 e. The molecule has 4 aliphatic heterocycles. The van der Waals surface area contributed by atoms with Crippen molar-refractivity contribution in [3.05, 3.63) is 59.8 Å². The standard InChI is InChI=1S/C33H40FN5O2/c1-19(2)37(3)32(40)27-16-22(34)6-11-29(27)38-18-28(26-12-13-35-17-30(26)38)21-14-24-9-10-25(15-21)39(24)33(41)31-20-4-7-23(36-31)8-5-20/h6,11-13,16-21,23-25,31,36H,4-5,7-10,14-15H2,1-3H3/t20?,21?,23?,24?,25?,31-/m1/s1. The van der Waals surface area contributed by atoms with Crippen molar-refractivity contribution in [2.24, 2.45) is 5.92 Å². The van der Waals surface area contributed by atoms with Crippen LogP contribution >= 0.6 is 0 Å². The molecule has 0 spiro atoms.